The summed E-state index contributed by atoms with van der Waals surface area (Å²) in [6, 6.07) is 12.0. The first-order chi connectivity index (χ1) is 12.4. The fourth-order valence-corrected chi connectivity index (χ4v) is 3.35. The number of nitrogens with zero attached hydrogens (tertiary/aromatic N) is 4. The number of aryl methyl sites for hydroxylation is 2. The van der Waals surface area contributed by atoms with E-state index < -0.39 is 10.0 Å². The molecule has 2 aromatic carbocycles. The molecule has 0 aliphatic rings. The molecule has 136 valence electrons. The van der Waals surface area contributed by atoms with Crippen molar-refractivity contribution in [2.45, 2.75) is 25.3 Å². The van der Waals surface area contributed by atoms with E-state index in [4.69, 9.17) is 4.74 Å². The zero-order valence-electron chi connectivity index (χ0n) is 14.7. The average molecular weight is 373 g/mol. The first kappa shape index (κ1) is 18.0. The lowest BCUT2D eigenvalue weighted by Crippen LogP contribution is -2.25. The zero-order chi connectivity index (χ0) is 18.7. The number of tetrazole rings is 1. The fourth-order valence-electron chi connectivity index (χ4n) is 2.37. The van der Waals surface area contributed by atoms with Crippen LogP contribution in [0.25, 0.3) is 5.69 Å². The van der Waals surface area contributed by atoms with Crippen LogP contribution in [0.2, 0.25) is 0 Å². The molecular weight excluding hydrogens is 354 g/mol. The number of methoxy groups -OCH3 is 1. The molecule has 3 rings (SSSR count). The molecule has 1 heterocycles. The summed E-state index contributed by atoms with van der Waals surface area (Å²) in [6.07, 6.45) is 0. The van der Waals surface area contributed by atoms with Gasteiger partial charge in [-0.3, -0.25) is 0 Å². The number of hydrogen-bond acceptors (Lipinski definition) is 6. The fraction of sp³-hybridized carbons (Fsp3) is 0.235. The number of ether oxygens (including phenoxy) is 1. The molecule has 1 aromatic heterocycles. The maximum absolute atomic E-state index is 12.4. The summed E-state index contributed by atoms with van der Waals surface area (Å²) in [4.78, 5) is 0.142. The molecule has 8 nitrogen and oxygen atoms in total. The molecule has 0 atom stereocenters. The number of hydrogen-bond donors (Lipinski definition) is 1. The zero-order valence-corrected chi connectivity index (χ0v) is 15.5. The normalized spacial score (nSPS) is 11.5. The van der Waals surface area contributed by atoms with Gasteiger partial charge in [0, 0.05) is 0 Å². The van der Waals surface area contributed by atoms with E-state index in [1.54, 1.807) is 12.1 Å². The predicted molar refractivity (Wildman–Crippen MR) is 95.6 cm³/mol. The molecule has 0 amide bonds. The molecule has 0 aliphatic carbocycles. The van der Waals surface area contributed by atoms with Crippen LogP contribution < -0.4 is 9.46 Å². The molecule has 1 N–H and O–H groups in total. The van der Waals surface area contributed by atoms with E-state index in [0.29, 0.717) is 11.6 Å². The number of sulfonamides is 1. The Balaban J connectivity index is 1.79. The van der Waals surface area contributed by atoms with Crippen LogP contribution in [0.4, 0.5) is 0 Å². The van der Waals surface area contributed by atoms with Gasteiger partial charge >= 0.3 is 0 Å². The lowest BCUT2D eigenvalue weighted by atomic mass is 10.1. The number of benzene rings is 2. The van der Waals surface area contributed by atoms with E-state index in [1.165, 1.54) is 23.9 Å². The molecule has 0 unspecified atom stereocenters. The van der Waals surface area contributed by atoms with Crippen molar-refractivity contribution >= 4 is 10.0 Å². The van der Waals surface area contributed by atoms with Crippen LogP contribution in [0.3, 0.4) is 0 Å². The summed E-state index contributed by atoms with van der Waals surface area (Å²) in [6.45, 7) is 3.98. The minimum absolute atomic E-state index is 0.0334. The van der Waals surface area contributed by atoms with Crippen LogP contribution in [-0.2, 0) is 16.6 Å². The Morgan fingerprint density at radius 2 is 1.81 bits per heavy atom. The van der Waals surface area contributed by atoms with Crippen LogP contribution in [0.15, 0.2) is 47.4 Å². The Hall–Kier alpha value is -2.78. The Morgan fingerprint density at radius 1 is 1.08 bits per heavy atom. The lowest BCUT2D eigenvalue weighted by Gasteiger charge is -2.09. The molecule has 26 heavy (non-hydrogen) atoms. The summed E-state index contributed by atoms with van der Waals surface area (Å²) >= 11 is 0. The van der Waals surface area contributed by atoms with Gasteiger partial charge in [-0.1, -0.05) is 6.07 Å². The van der Waals surface area contributed by atoms with Crippen molar-refractivity contribution in [3.05, 3.63) is 59.4 Å². The van der Waals surface area contributed by atoms with Crippen molar-refractivity contribution in [1.29, 1.82) is 0 Å². The molecule has 0 bridgehead atoms. The van der Waals surface area contributed by atoms with Crippen LogP contribution >= 0.6 is 0 Å². The van der Waals surface area contributed by atoms with Crippen molar-refractivity contribution in [3.63, 3.8) is 0 Å². The first-order valence-corrected chi connectivity index (χ1v) is 9.37. The third kappa shape index (κ3) is 3.73. The highest BCUT2D eigenvalue weighted by atomic mass is 32.2. The topological polar surface area (TPSA) is 99.0 Å². The molecular formula is C17H19N5O3S. The number of aromatic nitrogens is 4. The summed E-state index contributed by atoms with van der Waals surface area (Å²) < 4.78 is 34.0. The van der Waals surface area contributed by atoms with Gasteiger partial charge in [0.2, 0.25) is 10.0 Å². The predicted octanol–water partition coefficient (Wildman–Crippen LogP) is 1.77. The highest BCUT2D eigenvalue weighted by Gasteiger charge is 2.17. The standard InChI is InChI=1S/C17H19N5O3S/c1-12-4-5-14(10-13(12)2)22-17(19-20-21-22)11-18-26(23,24)16-8-6-15(25-3)7-9-16/h4-10,18H,11H2,1-3H3. The van der Waals surface area contributed by atoms with E-state index >= 15 is 0 Å². The highest BCUT2D eigenvalue weighted by molar-refractivity contribution is 7.89. The lowest BCUT2D eigenvalue weighted by molar-refractivity contribution is 0.414. The largest absolute Gasteiger partial charge is 0.497 e. The third-order valence-corrected chi connectivity index (χ3v) is 5.48. The van der Waals surface area contributed by atoms with Crippen LogP contribution in [0.5, 0.6) is 5.75 Å². The van der Waals surface area contributed by atoms with Crippen molar-refractivity contribution < 1.29 is 13.2 Å². The van der Waals surface area contributed by atoms with Crippen molar-refractivity contribution in [2.75, 3.05) is 7.11 Å². The molecule has 0 spiro atoms. The van der Waals surface area contributed by atoms with E-state index in [9.17, 15) is 8.42 Å². The monoisotopic (exact) mass is 373 g/mol. The molecule has 9 heteroatoms. The SMILES string of the molecule is COc1ccc(S(=O)(=O)NCc2nnnn2-c2ccc(C)c(C)c2)cc1. The number of rotatable bonds is 6. The van der Waals surface area contributed by atoms with Gasteiger partial charge in [0.1, 0.15) is 5.75 Å². The van der Waals surface area contributed by atoms with Crippen LogP contribution in [0.1, 0.15) is 17.0 Å². The Morgan fingerprint density at radius 3 is 2.46 bits per heavy atom. The van der Waals surface area contributed by atoms with Gasteiger partial charge in [0.05, 0.1) is 24.2 Å². The quantitative estimate of drug-likeness (QED) is 0.707. The Labute approximate surface area is 151 Å². The second-order valence-electron chi connectivity index (χ2n) is 5.78. The summed E-state index contributed by atoms with van der Waals surface area (Å²) in [5.41, 5.74) is 3.03. The van der Waals surface area contributed by atoms with Crippen molar-refractivity contribution in [3.8, 4) is 11.4 Å². The third-order valence-electron chi connectivity index (χ3n) is 4.06. The average Bonchev–Trinajstić information content (AvgIpc) is 3.11. The molecule has 0 radical (unpaired) electrons. The van der Waals surface area contributed by atoms with E-state index in [1.807, 2.05) is 32.0 Å². The van der Waals surface area contributed by atoms with Crippen LogP contribution in [0, 0.1) is 13.8 Å². The molecule has 0 saturated heterocycles. The van der Waals surface area contributed by atoms with Gasteiger partial charge in [-0.05, 0) is 71.8 Å². The van der Waals surface area contributed by atoms with Gasteiger partial charge < -0.3 is 4.74 Å². The van der Waals surface area contributed by atoms with Gasteiger partial charge in [0.15, 0.2) is 5.82 Å². The summed E-state index contributed by atoms with van der Waals surface area (Å²) in [5, 5.41) is 11.5. The van der Waals surface area contributed by atoms with Crippen molar-refractivity contribution in [1.82, 2.24) is 24.9 Å². The van der Waals surface area contributed by atoms with E-state index in [0.717, 1.165) is 16.8 Å². The molecule has 0 saturated carbocycles. The highest BCUT2D eigenvalue weighted by Crippen LogP contribution is 2.17. The smallest absolute Gasteiger partial charge is 0.240 e. The maximum atomic E-state index is 12.4. The van der Waals surface area contributed by atoms with E-state index in [2.05, 4.69) is 20.2 Å². The van der Waals surface area contributed by atoms with E-state index in [-0.39, 0.29) is 11.4 Å². The summed E-state index contributed by atoms with van der Waals surface area (Å²) in [7, 11) is -2.17. The Kier molecular flexibility index (Phi) is 5.01. The second kappa shape index (κ2) is 7.22. The molecule has 0 fully saturated rings. The summed E-state index contributed by atoms with van der Waals surface area (Å²) in [5.74, 6) is 0.980. The van der Waals surface area contributed by atoms with Gasteiger partial charge in [-0.15, -0.1) is 5.10 Å². The van der Waals surface area contributed by atoms with Gasteiger partial charge in [-0.25, -0.2) is 13.1 Å². The van der Waals surface area contributed by atoms with Crippen molar-refractivity contribution in [2.24, 2.45) is 0 Å². The molecule has 3 aromatic rings. The first-order valence-electron chi connectivity index (χ1n) is 7.89. The Bertz CT molecular complexity index is 1010. The minimum Gasteiger partial charge on any atom is -0.497 e. The minimum atomic E-state index is -3.69. The van der Waals surface area contributed by atoms with Gasteiger partial charge in [-0.2, -0.15) is 4.68 Å². The molecule has 0 aliphatic heterocycles. The second-order valence-corrected chi connectivity index (χ2v) is 7.54. The van der Waals surface area contributed by atoms with Crippen LogP contribution in [-0.4, -0.2) is 35.7 Å². The van der Waals surface area contributed by atoms with Gasteiger partial charge in [0.25, 0.3) is 0 Å². The maximum Gasteiger partial charge on any atom is 0.240 e. The number of nitrogens with one attached hydrogen (secondary N) is 1.